The molecule has 5 nitrogen and oxygen atoms in total. The fourth-order valence-corrected chi connectivity index (χ4v) is 3.20. The van der Waals surface area contributed by atoms with Gasteiger partial charge < -0.3 is 9.09 Å². The molecule has 5 heteroatoms. The number of para-hydroxylation sites is 1. The Morgan fingerprint density at radius 3 is 2.52 bits per heavy atom. The van der Waals surface area contributed by atoms with Gasteiger partial charge in [-0.05, 0) is 17.0 Å². The maximum absolute atomic E-state index is 11.3. The number of aldehydes is 1. The molecule has 0 fully saturated rings. The van der Waals surface area contributed by atoms with Gasteiger partial charge in [0.2, 0.25) is 11.7 Å². The van der Waals surface area contributed by atoms with E-state index in [0.717, 1.165) is 22.8 Å². The minimum absolute atomic E-state index is 0.104. The number of fused-ring (bicyclic) bond motifs is 1. The van der Waals surface area contributed by atoms with Crippen molar-refractivity contribution in [2.75, 3.05) is 0 Å². The summed E-state index contributed by atoms with van der Waals surface area (Å²) in [7, 11) is 0. The monoisotopic (exact) mass is 359 g/mol. The number of benzene rings is 2. The van der Waals surface area contributed by atoms with Crippen molar-refractivity contribution in [3.63, 3.8) is 0 Å². The second-order valence-electron chi connectivity index (χ2n) is 7.69. The minimum Gasteiger partial charge on any atom is -0.337 e. The fraction of sp³-hybridized carbons (Fsp3) is 0.227. The van der Waals surface area contributed by atoms with Crippen molar-refractivity contribution in [2.24, 2.45) is 0 Å². The highest BCUT2D eigenvalue weighted by molar-refractivity contribution is 5.97. The molecule has 2 aromatic carbocycles. The Balaban J connectivity index is 1.61. The molecule has 0 unspecified atom stereocenters. The van der Waals surface area contributed by atoms with Crippen LogP contribution in [0.3, 0.4) is 0 Å². The van der Waals surface area contributed by atoms with Gasteiger partial charge in [0.1, 0.15) is 6.54 Å². The van der Waals surface area contributed by atoms with Crippen LogP contribution in [0.5, 0.6) is 0 Å². The first-order valence-electron chi connectivity index (χ1n) is 8.92. The summed E-state index contributed by atoms with van der Waals surface area (Å²) in [6.45, 7) is 6.97. The quantitative estimate of drug-likeness (QED) is 0.489. The zero-order valence-electron chi connectivity index (χ0n) is 15.6. The predicted octanol–water partition coefficient (Wildman–Crippen LogP) is 4.85. The molecule has 2 aromatic heterocycles. The number of aromatic nitrogens is 3. The van der Waals surface area contributed by atoms with E-state index >= 15 is 0 Å². The first-order chi connectivity index (χ1) is 13.0. The van der Waals surface area contributed by atoms with Gasteiger partial charge in [0.15, 0.2) is 6.29 Å². The number of rotatable bonds is 4. The van der Waals surface area contributed by atoms with Gasteiger partial charge in [0.25, 0.3) is 0 Å². The molecule has 0 radical (unpaired) electrons. The average molecular weight is 359 g/mol. The zero-order chi connectivity index (χ0) is 19.0. The Kier molecular flexibility index (Phi) is 4.15. The second-order valence-corrected chi connectivity index (χ2v) is 7.69. The second kappa shape index (κ2) is 6.50. The van der Waals surface area contributed by atoms with Crippen LogP contribution in [0.25, 0.3) is 22.3 Å². The average Bonchev–Trinajstić information content (AvgIpc) is 3.27. The van der Waals surface area contributed by atoms with E-state index in [4.69, 9.17) is 4.52 Å². The summed E-state index contributed by atoms with van der Waals surface area (Å²) < 4.78 is 7.40. The Morgan fingerprint density at radius 1 is 1.07 bits per heavy atom. The van der Waals surface area contributed by atoms with Crippen molar-refractivity contribution in [3.05, 3.63) is 71.7 Å². The molecule has 0 N–H and O–H groups in total. The van der Waals surface area contributed by atoms with Crippen molar-refractivity contribution >= 4 is 17.2 Å². The van der Waals surface area contributed by atoms with Crippen molar-refractivity contribution < 1.29 is 9.32 Å². The van der Waals surface area contributed by atoms with Gasteiger partial charge in [-0.1, -0.05) is 68.4 Å². The van der Waals surface area contributed by atoms with Crippen LogP contribution in [-0.4, -0.2) is 21.0 Å². The molecule has 0 aliphatic heterocycles. The lowest BCUT2D eigenvalue weighted by Crippen LogP contribution is -2.10. The first kappa shape index (κ1) is 17.2. The van der Waals surface area contributed by atoms with Crippen LogP contribution in [0.15, 0.2) is 59.3 Å². The predicted molar refractivity (Wildman–Crippen MR) is 105 cm³/mol. The molecule has 0 saturated carbocycles. The maximum atomic E-state index is 11.3. The third-order valence-electron chi connectivity index (χ3n) is 4.73. The summed E-state index contributed by atoms with van der Waals surface area (Å²) in [6.07, 6.45) is 2.69. The highest BCUT2D eigenvalue weighted by atomic mass is 16.5. The molecular weight excluding hydrogens is 338 g/mol. The molecule has 0 spiro atoms. The molecule has 0 atom stereocenters. The van der Waals surface area contributed by atoms with E-state index in [1.54, 1.807) is 0 Å². The molecule has 0 aliphatic carbocycles. The van der Waals surface area contributed by atoms with Crippen LogP contribution < -0.4 is 0 Å². The van der Waals surface area contributed by atoms with Crippen molar-refractivity contribution in [3.8, 4) is 11.4 Å². The molecule has 0 amide bonds. The van der Waals surface area contributed by atoms with E-state index in [1.165, 1.54) is 5.56 Å². The van der Waals surface area contributed by atoms with Gasteiger partial charge in [-0.3, -0.25) is 4.79 Å². The standard InChI is InChI=1S/C22H21N3O2/c1-22(2,3)17-10-8-15(9-11-17)21-23-20(27-24-21)13-25-12-16(14-26)18-6-4-5-7-19(18)25/h4-12,14H,13H2,1-3H3. The van der Waals surface area contributed by atoms with E-state index < -0.39 is 0 Å². The number of nitrogens with zero attached hydrogens (tertiary/aromatic N) is 3. The van der Waals surface area contributed by atoms with Crippen molar-refractivity contribution in [2.45, 2.75) is 32.7 Å². The maximum Gasteiger partial charge on any atom is 0.246 e. The summed E-state index contributed by atoms with van der Waals surface area (Å²) in [5, 5.41) is 5.03. The topological polar surface area (TPSA) is 60.9 Å². The summed E-state index contributed by atoms with van der Waals surface area (Å²) in [5.41, 5.74) is 3.91. The first-order valence-corrected chi connectivity index (χ1v) is 8.92. The number of hydrogen-bond acceptors (Lipinski definition) is 4. The van der Waals surface area contributed by atoms with Crippen LogP contribution >= 0.6 is 0 Å². The van der Waals surface area contributed by atoms with Crippen molar-refractivity contribution in [1.82, 2.24) is 14.7 Å². The van der Waals surface area contributed by atoms with Crippen LogP contribution in [0.1, 0.15) is 42.6 Å². The Labute approximate surface area is 157 Å². The summed E-state index contributed by atoms with van der Waals surface area (Å²) in [6, 6.07) is 16.0. The minimum atomic E-state index is 0.104. The number of carbonyl (C=O) groups is 1. The van der Waals surface area contributed by atoms with Gasteiger partial charge in [-0.25, -0.2) is 0 Å². The molecule has 0 saturated heterocycles. The van der Waals surface area contributed by atoms with Crippen LogP contribution in [0.2, 0.25) is 0 Å². The van der Waals surface area contributed by atoms with E-state index in [9.17, 15) is 4.79 Å². The van der Waals surface area contributed by atoms with Crippen molar-refractivity contribution in [1.29, 1.82) is 0 Å². The van der Waals surface area contributed by atoms with Gasteiger partial charge >= 0.3 is 0 Å². The normalized spacial score (nSPS) is 11.8. The molecule has 4 rings (SSSR count). The fourth-order valence-electron chi connectivity index (χ4n) is 3.20. The SMILES string of the molecule is CC(C)(C)c1ccc(-c2noc(Cn3cc(C=O)c4ccccc43)n2)cc1. The molecule has 136 valence electrons. The molecule has 4 aromatic rings. The largest absolute Gasteiger partial charge is 0.337 e. The lowest BCUT2D eigenvalue weighted by Gasteiger charge is -2.18. The molecule has 0 aliphatic rings. The Hall–Kier alpha value is -3.21. The third kappa shape index (κ3) is 3.28. The van der Waals surface area contributed by atoms with Crippen LogP contribution in [0.4, 0.5) is 0 Å². The van der Waals surface area contributed by atoms with Crippen LogP contribution in [0, 0.1) is 0 Å². The number of carbonyl (C=O) groups excluding carboxylic acids is 1. The van der Waals surface area contributed by atoms with Crippen LogP contribution in [-0.2, 0) is 12.0 Å². The molecular formula is C22H21N3O2. The van der Waals surface area contributed by atoms with Gasteiger partial charge in [-0.15, -0.1) is 0 Å². The molecule has 2 heterocycles. The van der Waals surface area contributed by atoms with Gasteiger partial charge in [0.05, 0.1) is 0 Å². The van der Waals surface area contributed by atoms with E-state index in [1.807, 2.05) is 47.2 Å². The van der Waals surface area contributed by atoms with Gasteiger partial charge in [0, 0.05) is 28.2 Å². The lowest BCUT2D eigenvalue weighted by molar-refractivity contribution is 0.112. The Bertz CT molecular complexity index is 1100. The summed E-state index contributed by atoms with van der Waals surface area (Å²) in [5.74, 6) is 1.07. The van der Waals surface area contributed by atoms with E-state index in [2.05, 4.69) is 43.0 Å². The van der Waals surface area contributed by atoms with E-state index in [-0.39, 0.29) is 5.41 Å². The van der Waals surface area contributed by atoms with Gasteiger partial charge in [-0.2, -0.15) is 4.98 Å². The third-order valence-corrected chi connectivity index (χ3v) is 4.73. The summed E-state index contributed by atoms with van der Waals surface area (Å²) in [4.78, 5) is 15.8. The highest BCUT2D eigenvalue weighted by Gasteiger charge is 2.15. The zero-order valence-corrected chi connectivity index (χ0v) is 15.6. The van der Waals surface area contributed by atoms with E-state index in [0.29, 0.717) is 23.8 Å². The number of hydrogen-bond donors (Lipinski definition) is 0. The summed E-state index contributed by atoms with van der Waals surface area (Å²) >= 11 is 0. The molecule has 27 heavy (non-hydrogen) atoms. The lowest BCUT2D eigenvalue weighted by atomic mass is 9.87. The highest BCUT2D eigenvalue weighted by Crippen LogP contribution is 2.25. The molecule has 0 bridgehead atoms. The smallest absolute Gasteiger partial charge is 0.246 e. The Morgan fingerprint density at radius 2 is 1.81 bits per heavy atom.